The van der Waals surface area contributed by atoms with Crippen LogP contribution in [0.5, 0.6) is 0 Å². The SMILES string of the molecule is CCOC(=O)C1=C(COC(=O)c2ccc(CC)cc2)NC(=O)NC1c1ccco1. The van der Waals surface area contributed by atoms with E-state index in [-0.39, 0.29) is 24.5 Å². The monoisotopic (exact) mass is 398 g/mol. The number of hydrogen-bond acceptors (Lipinski definition) is 6. The summed E-state index contributed by atoms with van der Waals surface area (Å²) in [5, 5.41) is 5.16. The maximum absolute atomic E-state index is 12.6. The van der Waals surface area contributed by atoms with E-state index in [4.69, 9.17) is 13.9 Å². The predicted octanol–water partition coefficient (Wildman–Crippen LogP) is 2.87. The van der Waals surface area contributed by atoms with Crippen molar-refractivity contribution < 1.29 is 28.3 Å². The van der Waals surface area contributed by atoms with Crippen LogP contribution in [-0.4, -0.2) is 31.2 Å². The lowest BCUT2D eigenvalue weighted by Crippen LogP contribution is -2.47. The number of aryl methyl sites for hydroxylation is 1. The molecule has 0 radical (unpaired) electrons. The van der Waals surface area contributed by atoms with Crippen molar-refractivity contribution in [2.45, 2.75) is 26.3 Å². The van der Waals surface area contributed by atoms with E-state index in [2.05, 4.69) is 10.6 Å². The van der Waals surface area contributed by atoms with Crippen LogP contribution >= 0.6 is 0 Å². The van der Waals surface area contributed by atoms with Crippen LogP contribution in [0.4, 0.5) is 4.79 Å². The molecule has 152 valence electrons. The number of nitrogens with one attached hydrogen (secondary N) is 2. The van der Waals surface area contributed by atoms with Crippen molar-refractivity contribution in [2.75, 3.05) is 13.2 Å². The maximum Gasteiger partial charge on any atom is 0.338 e. The standard InChI is InChI=1S/C21H22N2O6/c1-3-13-7-9-14(10-8-13)19(24)29-12-15-17(20(25)27-4-2)18(23-21(26)22-15)16-6-5-11-28-16/h5-11,18H,3-4,12H2,1-2H3,(H2,22,23,26). The Morgan fingerprint density at radius 1 is 1.07 bits per heavy atom. The Bertz CT molecular complexity index is 915. The highest BCUT2D eigenvalue weighted by Gasteiger charge is 2.35. The Morgan fingerprint density at radius 2 is 1.83 bits per heavy atom. The number of esters is 2. The molecule has 2 N–H and O–H groups in total. The molecule has 1 aromatic carbocycles. The summed E-state index contributed by atoms with van der Waals surface area (Å²) in [4.78, 5) is 37.0. The zero-order valence-electron chi connectivity index (χ0n) is 16.2. The van der Waals surface area contributed by atoms with Gasteiger partial charge in [0.05, 0.1) is 29.7 Å². The summed E-state index contributed by atoms with van der Waals surface area (Å²) in [6, 6.07) is 8.93. The first-order chi connectivity index (χ1) is 14.0. The van der Waals surface area contributed by atoms with Crippen molar-refractivity contribution in [3.8, 4) is 0 Å². The molecule has 0 saturated heterocycles. The van der Waals surface area contributed by atoms with E-state index in [9.17, 15) is 14.4 Å². The van der Waals surface area contributed by atoms with Gasteiger partial charge in [-0.05, 0) is 43.2 Å². The van der Waals surface area contributed by atoms with Gasteiger partial charge in [0.15, 0.2) is 0 Å². The largest absolute Gasteiger partial charge is 0.467 e. The van der Waals surface area contributed by atoms with Crippen LogP contribution in [0.15, 0.2) is 58.3 Å². The zero-order valence-corrected chi connectivity index (χ0v) is 16.2. The molecule has 29 heavy (non-hydrogen) atoms. The van der Waals surface area contributed by atoms with Gasteiger partial charge in [0.2, 0.25) is 0 Å². The van der Waals surface area contributed by atoms with Gasteiger partial charge in [0, 0.05) is 0 Å². The molecule has 1 aliphatic heterocycles. The summed E-state index contributed by atoms with van der Waals surface area (Å²) >= 11 is 0. The molecule has 8 heteroatoms. The smallest absolute Gasteiger partial charge is 0.338 e. The summed E-state index contributed by atoms with van der Waals surface area (Å²) in [5.74, 6) is -0.840. The molecule has 2 aromatic rings. The molecule has 1 aliphatic rings. The third kappa shape index (κ3) is 4.66. The molecule has 0 bridgehead atoms. The highest BCUT2D eigenvalue weighted by Crippen LogP contribution is 2.28. The van der Waals surface area contributed by atoms with Crippen molar-refractivity contribution in [1.82, 2.24) is 10.6 Å². The van der Waals surface area contributed by atoms with Gasteiger partial charge < -0.3 is 24.5 Å². The van der Waals surface area contributed by atoms with Gasteiger partial charge in [-0.3, -0.25) is 0 Å². The summed E-state index contributed by atoms with van der Waals surface area (Å²) < 4.78 is 15.8. The van der Waals surface area contributed by atoms with Crippen LogP contribution < -0.4 is 10.6 Å². The van der Waals surface area contributed by atoms with E-state index in [0.29, 0.717) is 11.3 Å². The summed E-state index contributed by atoms with van der Waals surface area (Å²) in [6.45, 7) is 3.55. The highest BCUT2D eigenvalue weighted by atomic mass is 16.5. The third-order valence-electron chi connectivity index (χ3n) is 4.42. The van der Waals surface area contributed by atoms with Crippen molar-refractivity contribution >= 4 is 18.0 Å². The minimum absolute atomic E-state index is 0.121. The molecular weight excluding hydrogens is 376 g/mol. The summed E-state index contributed by atoms with van der Waals surface area (Å²) in [6.07, 6.45) is 2.30. The minimum Gasteiger partial charge on any atom is -0.467 e. The van der Waals surface area contributed by atoms with E-state index >= 15 is 0 Å². The predicted molar refractivity (Wildman–Crippen MR) is 103 cm³/mol. The Morgan fingerprint density at radius 3 is 2.45 bits per heavy atom. The molecule has 1 aromatic heterocycles. The van der Waals surface area contributed by atoms with Crippen LogP contribution in [-0.2, 0) is 20.7 Å². The number of carbonyl (C=O) groups excluding carboxylic acids is 3. The van der Waals surface area contributed by atoms with Crippen LogP contribution in [0, 0.1) is 0 Å². The molecule has 0 aliphatic carbocycles. The third-order valence-corrected chi connectivity index (χ3v) is 4.42. The van der Waals surface area contributed by atoms with Crippen LogP contribution in [0.2, 0.25) is 0 Å². The fourth-order valence-corrected chi connectivity index (χ4v) is 2.95. The zero-order chi connectivity index (χ0) is 20.8. The fourth-order valence-electron chi connectivity index (χ4n) is 2.95. The first-order valence-corrected chi connectivity index (χ1v) is 9.30. The number of furan rings is 1. The number of ether oxygens (including phenoxy) is 2. The van der Waals surface area contributed by atoms with Crippen LogP contribution in [0.3, 0.4) is 0 Å². The number of rotatable bonds is 7. The number of amides is 2. The first kappa shape index (κ1) is 20.2. The Balaban J connectivity index is 1.85. The first-order valence-electron chi connectivity index (χ1n) is 9.30. The molecule has 1 atom stereocenters. The molecule has 0 saturated carbocycles. The number of urea groups is 1. The van der Waals surface area contributed by atoms with E-state index in [1.807, 2.05) is 19.1 Å². The second-order valence-corrected chi connectivity index (χ2v) is 6.29. The maximum atomic E-state index is 12.6. The molecule has 3 rings (SSSR count). The molecular formula is C21H22N2O6. The summed E-state index contributed by atoms with van der Waals surface area (Å²) in [5.41, 5.74) is 1.74. The van der Waals surface area contributed by atoms with Gasteiger partial charge in [0.25, 0.3) is 0 Å². The van der Waals surface area contributed by atoms with Gasteiger partial charge >= 0.3 is 18.0 Å². The fraction of sp³-hybridized carbons (Fsp3) is 0.286. The average Bonchev–Trinajstić information content (AvgIpc) is 3.26. The Kier molecular flexibility index (Phi) is 6.33. The number of carbonyl (C=O) groups is 3. The van der Waals surface area contributed by atoms with Crippen molar-refractivity contribution in [3.63, 3.8) is 0 Å². The summed E-state index contributed by atoms with van der Waals surface area (Å²) in [7, 11) is 0. The highest BCUT2D eigenvalue weighted by molar-refractivity contribution is 5.95. The average molecular weight is 398 g/mol. The molecule has 8 nitrogen and oxygen atoms in total. The quantitative estimate of drug-likeness (QED) is 0.695. The Hall–Kier alpha value is -3.55. The number of benzene rings is 1. The minimum atomic E-state index is -0.852. The van der Waals surface area contributed by atoms with Gasteiger partial charge in [-0.25, -0.2) is 14.4 Å². The lowest BCUT2D eigenvalue weighted by atomic mass is 10.0. The van der Waals surface area contributed by atoms with E-state index in [1.54, 1.807) is 31.2 Å². The normalized spacial score (nSPS) is 16.1. The second-order valence-electron chi connectivity index (χ2n) is 6.29. The van der Waals surface area contributed by atoms with Gasteiger partial charge in [-0.2, -0.15) is 0 Å². The van der Waals surface area contributed by atoms with Gasteiger partial charge in [0.1, 0.15) is 18.4 Å². The lowest BCUT2D eigenvalue weighted by molar-refractivity contribution is -0.139. The molecule has 2 heterocycles. The van der Waals surface area contributed by atoms with E-state index in [1.165, 1.54) is 6.26 Å². The molecule has 1 unspecified atom stereocenters. The van der Waals surface area contributed by atoms with E-state index in [0.717, 1.165) is 12.0 Å². The van der Waals surface area contributed by atoms with Gasteiger partial charge in [-0.15, -0.1) is 0 Å². The number of hydrogen-bond donors (Lipinski definition) is 2. The topological polar surface area (TPSA) is 107 Å². The van der Waals surface area contributed by atoms with Crippen molar-refractivity contribution in [2.24, 2.45) is 0 Å². The Labute approximate surface area is 167 Å². The lowest BCUT2D eigenvalue weighted by Gasteiger charge is -2.27. The van der Waals surface area contributed by atoms with Crippen molar-refractivity contribution in [1.29, 1.82) is 0 Å². The molecule has 0 spiro atoms. The van der Waals surface area contributed by atoms with E-state index < -0.39 is 24.0 Å². The van der Waals surface area contributed by atoms with Crippen LogP contribution in [0.25, 0.3) is 0 Å². The second kappa shape index (κ2) is 9.09. The van der Waals surface area contributed by atoms with Gasteiger partial charge in [-0.1, -0.05) is 19.1 Å². The molecule has 0 fully saturated rings. The molecule has 2 amide bonds. The van der Waals surface area contributed by atoms with Crippen LogP contribution in [0.1, 0.15) is 41.6 Å². The van der Waals surface area contributed by atoms with Crippen molar-refractivity contribution in [3.05, 3.63) is 70.8 Å².